The number of imidazole rings is 1. The Kier molecular flexibility index (Phi) is 5.06. The molecule has 0 bridgehead atoms. The molecule has 7 nitrogen and oxygen atoms in total. The van der Waals surface area contributed by atoms with Crippen LogP contribution in [0.25, 0.3) is 22.6 Å². The topological polar surface area (TPSA) is 97.1 Å². The summed E-state index contributed by atoms with van der Waals surface area (Å²) in [5.41, 5.74) is 2.90. The SMILES string of the molecule is O=C(O)CNC(=O)c1ccc2c(c1)nc(-c1ccccn1)n2C1CCCCC1. The van der Waals surface area contributed by atoms with Crippen molar-refractivity contribution in [3.63, 3.8) is 0 Å². The van der Waals surface area contributed by atoms with Gasteiger partial charge >= 0.3 is 5.97 Å². The number of rotatable bonds is 5. The van der Waals surface area contributed by atoms with Gasteiger partial charge in [0, 0.05) is 17.8 Å². The van der Waals surface area contributed by atoms with Gasteiger partial charge < -0.3 is 15.0 Å². The average Bonchev–Trinajstić information content (AvgIpc) is 3.12. The molecule has 3 aromatic rings. The molecule has 2 aromatic heterocycles. The summed E-state index contributed by atoms with van der Waals surface area (Å²) in [6.45, 7) is -0.410. The van der Waals surface area contributed by atoms with E-state index in [1.807, 2.05) is 24.3 Å². The van der Waals surface area contributed by atoms with E-state index in [0.29, 0.717) is 17.1 Å². The van der Waals surface area contributed by atoms with Crippen LogP contribution in [0.2, 0.25) is 0 Å². The molecule has 0 unspecified atom stereocenters. The molecule has 0 aliphatic heterocycles. The van der Waals surface area contributed by atoms with Crippen molar-refractivity contribution in [3.8, 4) is 11.5 Å². The number of hydrogen-bond acceptors (Lipinski definition) is 4. The van der Waals surface area contributed by atoms with Gasteiger partial charge in [-0.15, -0.1) is 0 Å². The lowest BCUT2D eigenvalue weighted by atomic mass is 9.95. The molecule has 0 saturated heterocycles. The van der Waals surface area contributed by atoms with Gasteiger partial charge in [0.1, 0.15) is 12.2 Å². The first-order valence-electron chi connectivity index (χ1n) is 9.57. The highest BCUT2D eigenvalue weighted by Crippen LogP contribution is 2.35. The van der Waals surface area contributed by atoms with E-state index in [1.165, 1.54) is 19.3 Å². The van der Waals surface area contributed by atoms with Crippen LogP contribution < -0.4 is 5.32 Å². The highest BCUT2D eigenvalue weighted by Gasteiger charge is 2.23. The van der Waals surface area contributed by atoms with Crippen molar-refractivity contribution in [1.82, 2.24) is 19.9 Å². The first-order chi connectivity index (χ1) is 13.6. The minimum absolute atomic E-state index is 0.363. The number of benzene rings is 1. The number of nitrogens with one attached hydrogen (secondary N) is 1. The number of pyridine rings is 1. The van der Waals surface area contributed by atoms with Gasteiger partial charge in [0.15, 0.2) is 5.82 Å². The number of amides is 1. The molecule has 2 N–H and O–H groups in total. The zero-order chi connectivity index (χ0) is 19.5. The van der Waals surface area contributed by atoms with Gasteiger partial charge in [-0.05, 0) is 43.2 Å². The highest BCUT2D eigenvalue weighted by atomic mass is 16.4. The van der Waals surface area contributed by atoms with E-state index in [-0.39, 0.29) is 0 Å². The molecular formula is C21H22N4O3. The van der Waals surface area contributed by atoms with E-state index >= 15 is 0 Å². The van der Waals surface area contributed by atoms with Gasteiger partial charge in [-0.25, -0.2) is 4.98 Å². The summed E-state index contributed by atoms with van der Waals surface area (Å²) < 4.78 is 2.26. The summed E-state index contributed by atoms with van der Waals surface area (Å²) >= 11 is 0. The van der Waals surface area contributed by atoms with Crippen LogP contribution >= 0.6 is 0 Å². The fourth-order valence-corrected chi connectivity index (χ4v) is 3.88. The van der Waals surface area contributed by atoms with Crippen LogP contribution in [0.15, 0.2) is 42.6 Å². The van der Waals surface area contributed by atoms with E-state index in [2.05, 4.69) is 14.9 Å². The molecule has 1 aliphatic carbocycles. The first-order valence-corrected chi connectivity index (χ1v) is 9.57. The predicted molar refractivity (Wildman–Crippen MR) is 105 cm³/mol. The zero-order valence-corrected chi connectivity index (χ0v) is 15.5. The molecule has 4 rings (SSSR count). The Balaban J connectivity index is 1.78. The monoisotopic (exact) mass is 378 g/mol. The maximum atomic E-state index is 12.2. The summed E-state index contributed by atoms with van der Waals surface area (Å²) in [5.74, 6) is -0.685. The summed E-state index contributed by atoms with van der Waals surface area (Å²) in [6.07, 6.45) is 7.61. The molecular weight excluding hydrogens is 356 g/mol. The lowest BCUT2D eigenvalue weighted by molar-refractivity contribution is -0.135. The van der Waals surface area contributed by atoms with E-state index in [0.717, 1.165) is 29.9 Å². The summed E-state index contributed by atoms with van der Waals surface area (Å²) in [4.78, 5) is 32.2. The number of carbonyl (C=O) groups is 2. The van der Waals surface area contributed by atoms with Crippen LogP contribution in [0.5, 0.6) is 0 Å². The molecule has 0 spiro atoms. The van der Waals surface area contributed by atoms with Crippen LogP contribution in [-0.4, -0.2) is 38.1 Å². The quantitative estimate of drug-likeness (QED) is 0.709. The maximum absolute atomic E-state index is 12.2. The van der Waals surface area contributed by atoms with Crippen molar-refractivity contribution in [1.29, 1.82) is 0 Å². The highest BCUT2D eigenvalue weighted by molar-refractivity contribution is 5.99. The van der Waals surface area contributed by atoms with Crippen molar-refractivity contribution in [2.75, 3.05) is 6.54 Å². The number of aromatic nitrogens is 3. The molecule has 0 atom stereocenters. The Morgan fingerprint density at radius 1 is 1.14 bits per heavy atom. The van der Waals surface area contributed by atoms with Crippen LogP contribution in [-0.2, 0) is 4.79 Å². The Morgan fingerprint density at radius 3 is 2.68 bits per heavy atom. The molecule has 1 aliphatic rings. The smallest absolute Gasteiger partial charge is 0.322 e. The molecule has 1 aromatic carbocycles. The average molecular weight is 378 g/mol. The van der Waals surface area contributed by atoms with Crippen molar-refractivity contribution in [2.24, 2.45) is 0 Å². The minimum Gasteiger partial charge on any atom is -0.480 e. The first kappa shape index (κ1) is 18.2. The Hall–Kier alpha value is -3.22. The van der Waals surface area contributed by atoms with E-state index < -0.39 is 18.4 Å². The number of carbonyl (C=O) groups excluding carboxylic acids is 1. The molecule has 28 heavy (non-hydrogen) atoms. The van der Waals surface area contributed by atoms with E-state index in [1.54, 1.807) is 18.3 Å². The van der Waals surface area contributed by atoms with Crippen LogP contribution in [0, 0.1) is 0 Å². The van der Waals surface area contributed by atoms with Crippen molar-refractivity contribution in [2.45, 2.75) is 38.1 Å². The third-order valence-corrected chi connectivity index (χ3v) is 5.19. The molecule has 7 heteroatoms. The molecule has 2 heterocycles. The zero-order valence-electron chi connectivity index (χ0n) is 15.5. The van der Waals surface area contributed by atoms with Gasteiger partial charge in [-0.1, -0.05) is 25.3 Å². The standard InChI is InChI=1S/C21H22N4O3/c26-19(27)13-23-21(28)14-9-10-18-17(12-14)24-20(16-8-4-5-11-22-16)25(18)15-6-2-1-3-7-15/h4-5,8-12,15H,1-3,6-7,13H2,(H,23,28)(H,26,27). The van der Waals surface area contributed by atoms with E-state index in [4.69, 9.17) is 10.1 Å². The lowest BCUT2D eigenvalue weighted by Crippen LogP contribution is -2.29. The number of aliphatic carboxylic acids is 1. The second kappa shape index (κ2) is 7.80. The fraction of sp³-hybridized carbons (Fsp3) is 0.333. The second-order valence-corrected chi connectivity index (χ2v) is 7.09. The van der Waals surface area contributed by atoms with Gasteiger partial charge in [-0.2, -0.15) is 0 Å². The molecule has 1 amide bonds. The Labute approximate surface area is 162 Å². The van der Waals surface area contributed by atoms with Gasteiger partial charge in [0.25, 0.3) is 5.91 Å². The molecule has 0 radical (unpaired) electrons. The van der Waals surface area contributed by atoms with Crippen LogP contribution in [0.3, 0.4) is 0 Å². The summed E-state index contributed by atoms with van der Waals surface area (Å²) in [5, 5.41) is 11.1. The number of nitrogens with zero attached hydrogens (tertiary/aromatic N) is 3. The lowest BCUT2D eigenvalue weighted by Gasteiger charge is -2.25. The van der Waals surface area contributed by atoms with Gasteiger partial charge in [-0.3, -0.25) is 14.6 Å². The molecule has 1 saturated carbocycles. The maximum Gasteiger partial charge on any atom is 0.322 e. The van der Waals surface area contributed by atoms with Crippen molar-refractivity contribution < 1.29 is 14.7 Å². The fourth-order valence-electron chi connectivity index (χ4n) is 3.88. The van der Waals surface area contributed by atoms with Crippen LogP contribution in [0.4, 0.5) is 0 Å². The third-order valence-electron chi connectivity index (χ3n) is 5.19. The van der Waals surface area contributed by atoms with E-state index in [9.17, 15) is 9.59 Å². The Bertz CT molecular complexity index is 1010. The van der Waals surface area contributed by atoms with Gasteiger partial charge in [0.2, 0.25) is 0 Å². The minimum atomic E-state index is -1.08. The van der Waals surface area contributed by atoms with Crippen LogP contribution in [0.1, 0.15) is 48.5 Å². The largest absolute Gasteiger partial charge is 0.480 e. The third kappa shape index (κ3) is 3.60. The normalized spacial score (nSPS) is 14.9. The number of carboxylic acids is 1. The van der Waals surface area contributed by atoms with Gasteiger partial charge in [0.05, 0.1) is 11.0 Å². The number of hydrogen-bond donors (Lipinski definition) is 2. The predicted octanol–water partition coefficient (Wildman–Crippen LogP) is 3.42. The Morgan fingerprint density at radius 2 is 1.96 bits per heavy atom. The summed E-state index contributed by atoms with van der Waals surface area (Å²) in [7, 11) is 0. The molecule has 144 valence electrons. The summed E-state index contributed by atoms with van der Waals surface area (Å²) in [6, 6.07) is 11.5. The second-order valence-electron chi connectivity index (χ2n) is 7.09. The molecule has 1 fully saturated rings. The van der Waals surface area contributed by atoms with Crippen molar-refractivity contribution >= 4 is 22.9 Å². The number of fused-ring (bicyclic) bond motifs is 1. The number of carboxylic acid groups (broad SMARTS) is 1. The van der Waals surface area contributed by atoms with Crippen molar-refractivity contribution in [3.05, 3.63) is 48.2 Å².